The van der Waals surface area contributed by atoms with Crippen LogP contribution in [0.1, 0.15) is 0 Å². The number of hydrogen-bond acceptors (Lipinski definition) is 1. The van der Waals surface area contributed by atoms with Crippen LogP contribution in [-0.2, 0) is 0 Å². The molecule has 110 valence electrons. The molecule has 0 aliphatic carbocycles. The standard InChI is InChI=1S/C19H12BrN3/c20-12-6-8-17-15(10-12)14-7-9-18-16(19(14)22-17)11-21-23(18)13-4-2-1-3-5-13/h1-11,22H. The Hall–Kier alpha value is -2.59. The van der Waals surface area contributed by atoms with Crippen molar-refractivity contribution in [3.05, 3.63) is 71.3 Å². The zero-order valence-corrected chi connectivity index (χ0v) is 13.7. The van der Waals surface area contributed by atoms with Crippen LogP contribution >= 0.6 is 15.9 Å². The van der Waals surface area contributed by atoms with E-state index in [1.54, 1.807) is 0 Å². The minimum atomic E-state index is 1.07. The summed E-state index contributed by atoms with van der Waals surface area (Å²) in [6.07, 6.45) is 1.94. The molecule has 0 spiro atoms. The number of H-pyrrole nitrogens is 1. The van der Waals surface area contributed by atoms with Gasteiger partial charge in [-0.15, -0.1) is 0 Å². The normalized spacial score (nSPS) is 11.7. The second kappa shape index (κ2) is 4.70. The first-order valence-electron chi connectivity index (χ1n) is 7.44. The van der Waals surface area contributed by atoms with Crippen molar-refractivity contribution in [2.75, 3.05) is 0 Å². The number of para-hydroxylation sites is 1. The second-order valence-electron chi connectivity index (χ2n) is 5.63. The Morgan fingerprint density at radius 3 is 2.61 bits per heavy atom. The van der Waals surface area contributed by atoms with Crippen molar-refractivity contribution in [2.45, 2.75) is 0 Å². The summed E-state index contributed by atoms with van der Waals surface area (Å²) < 4.78 is 3.07. The summed E-state index contributed by atoms with van der Waals surface area (Å²) in [5.74, 6) is 0. The highest BCUT2D eigenvalue weighted by atomic mass is 79.9. The van der Waals surface area contributed by atoms with E-state index in [1.165, 1.54) is 10.8 Å². The van der Waals surface area contributed by atoms with E-state index in [2.05, 4.69) is 68.5 Å². The van der Waals surface area contributed by atoms with Crippen LogP contribution in [0, 0.1) is 0 Å². The Labute approximate surface area is 140 Å². The van der Waals surface area contributed by atoms with Crippen molar-refractivity contribution < 1.29 is 0 Å². The van der Waals surface area contributed by atoms with Crippen LogP contribution in [0.5, 0.6) is 0 Å². The van der Waals surface area contributed by atoms with Crippen LogP contribution < -0.4 is 0 Å². The van der Waals surface area contributed by atoms with Gasteiger partial charge in [-0.3, -0.25) is 0 Å². The average Bonchev–Trinajstić information content (AvgIpc) is 3.16. The lowest BCUT2D eigenvalue weighted by molar-refractivity contribution is 0.911. The summed E-state index contributed by atoms with van der Waals surface area (Å²) in [6.45, 7) is 0. The molecule has 5 rings (SSSR count). The van der Waals surface area contributed by atoms with E-state index in [9.17, 15) is 0 Å². The summed E-state index contributed by atoms with van der Waals surface area (Å²) in [5, 5.41) is 8.18. The van der Waals surface area contributed by atoms with Crippen molar-refractivity contribution in [2.24, 2.45) is 0 Å². The van der Waals surface area contributed by atoms with E-state index >= 15 is 0 Å². The topological polar surface area (TPSA) is 33.6 Å². The van der Waals surface area contributed by atoms with Gasteiger partial charge in [-0.25, -0.2) is 4.68 Å². The Morgan fingerprint density at radius 2 is 1.74 bits per heavy atom. The molecule has 0 saturated carbocycles. The molecule has 3 aromatic carbocycles. The fourth-order valence-electron chi connectivity index (χ4n) is 3.22. The molecule has 2 heterocycles. The largest absolute Gasteiger partial charge is 0.354 e. The maximum absolute atomic E-state index is 4.59. The van der Waals surface area contributed by atoms with Gasteiger partial charge in [0.2, 0.25) is 0 Å². The van der Waals surface area contributed by atoms with Gasteiger partial charge in [-0.2, -0.15) is 5.10 Å². The molecule has 0 amide bonds. The van der Waals surface area contributed by atoms with Crippen molar-refractivity contribution in [3.63, 3.8) is 0 Å². The Morgan fingerprint density at radius 1 is 0.870 bits per heavy atom. The van der Waals surface area contributed by atoms with Gasteiger partial charge in [0.05, 0.1) is 22.9 Å². The molecule has 5 aromatic rings. The number of fused-ring (bicyclic) bond motifs is 5. The number of hydrogen-bond donors (Lipinski definition) is 1. The van der Waals surface area contributed by atoms with Gasteiger partial charge in [0.15, 0.2) is 0 Å². The van der Waals surface area contributed by atoms with E-state index in [0.29, 0.717) is 0 Å². The van der Waals surface area contributed by atoms with Gasteiger partial charge in [-0.05, 0) is 36.4 Å². The molecule has 1 N–H and O–H groups in total. The molecular weight excluding hydrogens is 350 g/mol. The van der Waals surface area contributed by atoms with E-state index in [4.69, 9.17) is 0 Å². The lowest BCUT2D eigenvalue weighted by Gasteiger charge is -2.03. The van der Waals surface area contributed by atoms with Crippen molar-refractivity contribution in [1.82, 2.24) is 14.8 Å². The molecule has 0 bridgehead atoms. The quantitative estimate of drug-likeness (QED) is 0.424. The fraction of sp³-hybridized carbons (Fsp3) is 0. The smallest absolute Gasteiger partial charge is 0.0762 e. The number of nitrogens with one attached hydrogen (secondary N) is 1. The minimum Gasteiger partial charge on any atom is -0.354 e. The van der Waals surface area contributed by atoms with Crippen LogP contribution in [-0.4, -0.2) is 14.8 Å². The third-order valence-electron chi connectivity index (χ3n) is 4.29. The van der Waals surface area contributed by atoms with Gasteiger partial charge in [0.25, 0.3) is 0 Å². The molecular formula is C19H12BrN3. The molecule has 0 radical (unpaired) electrons. The molecule has 3 nitrogen and oxygen atoms in total. The summed E-state index contributed by atoms with van der Waals surface area (Å²) in [5.41, 5.74) is 4.45. The zero-order chi connectivity index (χ0) is 15.4. The lowest BCUT2D eigenvalue weighted by atomic mass is 10.1. The monoisotopic (exact) mass is 361 g/mol. The molecule has 0 fully saturated rings. The lowest BCUT2D eigenvalue weighted by Crippen LogP contribution is -1.94. The van der Waals surface area contributed by atoms with Gasteiger partial charge in [-0.1, -0.05) is 40.2 Å². The molecule has 2 aromatic heterocycles. The summed E-state index contributed by atoms with van der Waals surface area (Å²) in [6, 6.07) is 20.8. The first-order chi connectivity index (χ1) is 11.3. The number of aromatic amines is 1. The second-order valence-corrected chi connectivity index (χ2v) is 6.54. The molecule has 0 unspecified atom stereocenters. The molecule has 0 atom stereocenters. The first kappa shape index (κ1) is 12.9. The predicted octanol–water partition coefficient (Wildman–Crippen LogP) is 5.42. The Bertz CT molecular complexity index is 1170. The number of aromatic nitrogens is 3. The van der Waals surface area contributed by atoms with Gasteiger partial charge >= 0.3 is 0 Å². The number of halogens is 1. The summed E-state index contributed by atoms with van der Waals surface area (Å²) in [7, 11) is 0. The number of rotatable bonds is 1. The van der Waals surface area contributed by atoms with Gasteiger partial charge in [0.1, 0.15) is 0 Å². The number of nitrogens with zero attached hydrogens (tertiary/aromatic N) is 2. The number of benzene rings is 3. The molecule has 0 aliphatic heterocycles. The van der Waals surface area contributed by atoms with Gasteiger partial charge < -0.3 is 4.98 Å². The first-order valence-corrected chi connectivity index (χ1v) is 8.24. The van der Waals surface area contributed by atoms with Crippen molar-refractivity contribution in [1.29, 1.82) is 0 Å². The fourth-order valence-corrected chi connectivity index (χ4v) is 3.58. The predicted molar refractivity (Wildman–Crippen MR) is 98.1 cm³/mol. The van der Waals surface area contributed by atoms with Crippen molar-refractivity contribution in [3.8, 4) is 5.69 Å². The molecule has 23 heavy (non-hydrogen) atoms. The highest BCUT2D eigenvalue weighted by Gasteiger charge is 2.12. The van der Waals surface area contributed by atoms with Crippen molar-refractivity contribution >= 4 is 48.6 Å². The molecule has 0 aliphatic rings. The third kappa shape index (κ3) is 1.85. The van der Waals surface area contributed by atoms with Crippen LogP contribution in [0.4, 0.5) is 0 Å². The van der Waals surface area contributed by atoms with E-state index in [1.807, 2.05) is 29.1 Å². The van der Waals surface area contributed by atoms with Gasteiger partial charge in [0, 0.05) is 26.1 Å². The minimum absolute atomic E-state index is 1.07. The summed E-state index contributed by atoms with van der Waals surface area (Å²) >= 11 is 3.56. The Balaban J connectivity index is 1.88. The average molecular weight is 362 g/mol. The van der Waals surface area contributed by atoms with E-state index in [0.717, 1.165) is 32.1 Å². The van der Waals surface area contributed by atoms with Crippen LogP contribution in [0.25, 0.3) is 38.4 Å². The van der Waals surface area contributed by atoms with Crippen LogP contribution in [0.3, 0.4) is 0 Å². The Kier molecular flexibility index (Phi) is 2.64. The van der Waals surface area contributed by atoms with E-state index in [-0.39, 0.29) is 0 Å². The maximum Gasteiger partial charge on any atom is 0.0762 e. The van der Waals surface area contributed by atoms with E-state index < -0.39 is 0 Å². The highest BCUT2D eigenvalue weighted by molar-refractivity contribution is 9.10. The third-order valence-corrected chi connectivity index (χ3v) is 4.78. The molecule has 4 heteroatoms. The van der Waals surface area contributed by atoms with Crippen LogP contribution in [0.2, 0.25) is 0 Å². The van der Waals surface area contributed by atoms with Crippen LogP contribution in [0.15, 0.2) is 71.3 Å². The SMILES string of the molecule is Brc1ccc2[nH]c3c(ccc4c3cnn4-c3ccccc3)c2c1. The maximum atomic E-state index is 4.59. The zero-order valence-electron chi connectivity index (χ0n) is 12.1. The molecule has 0 saturated heterocycles. The highest BCUT2D eigenvalue weighted by Crippen LogP contribution is 2.33. The summed E-state index contributed by atoms with van der Waals surface area (Å²) in [4.78, 5) is 3.54.